The van der Waals surface area contributed by atoms with E-state index in [2.05, 4.69) is 51.0 Å². The van der Waals surface area contributed by atoms with Gasteiger partial charge < -0.3 is 10.6 Å². The Bertz CT molecular complexity index is 821. The van der Waals surface area contributed by atoms with Crippen LogP contribution in [-0.4, -0.2) is 51.8 Å². The van der Waals surface area contributed by atoms with E-state index in [1.54, 1.807) is 0 Å². The average Bonchev–Trinajstić information content (AvgIpc) is 3.33. The van der Waals surface area contributed by atoms with Crippen molar-refractivity contribution in [1.82, 2.24) is 25.3 Å². The molecule has 30 heavy (non-hydrogen) atoms. The normalized spacial score (nSPS) is 28.7. The molecule has 1 aromatic heterocycles. The summed E-state index contributed by atoms with van der Waals surface area (Å²) in [4.78, 5) is 15.5. The van der Waals surface area contributed by atoms with Crippen molar-refractivity contribution in [3.8, 4) is 0 Å². The fraction of sp³-hybridized carbons (Fsp3) is 0.565. The van der Waals surface area contributed by atoms with Crippen LogP contribution in [0.1, 0.15) is 60.6 Å². The lowest BCUT2D eigenvalue weighted by molar-refractivity contribution is 0.0822. The van der Waals surface area contributed by atoms with Crippen molar-refractivity contribution in [3.63, 3.8) is 0 Å². The molecule has 2 aromatic rings. The average molecular weight is 430 g/mol. The van der Waals surface area contributed by atoms with Crippen molar-refractivity contribution in [2.75, 3.05) is 13.1 Å². The monoisotopic (exact) mass is 429 g/mol. The van der Waals surface area contributed by atoms with E-state index in [-0.39, 0.29) is 24.4 Å². The molecule has 0 spiro atoms. The summed E-state index contributed by atoms with van der Waals surface area (Å²) in [5.41, 5.74) is 1.93. The standard InChI is InChI=1S/C23H31N5O.ClH/c29-23(22-10-12-28(26-22)21-7-4-11-24-15-21)25-18-13-19-8-9-20(14-18)27(19)16-17-5-2-1-3-6-17;/h1-3,5-6,10,12,18-21,24H,4,7-9,11,13-16H2,(H,25,29);1H. The predicted octanol–water partition coefficient (Wildman–Crippen LogP) is 3.15. The number of carbonyl (C=O) groups is 1. The molecule has 162 valence electrons. The largest absolute Gasteiger partial charge is 0.348 e. The number of rotatable bonds is 5. The summed E-state index contributed by atoms with van der Waals surface area (Å²) in [6.07, 6.45) is 8.82. The van der Waals surface area contributed by atoms with Crippen LogP contribution >= 0.6 is 12.4 Å². The van der Waals surface area contributed by atoms with Gasteiger partial charge in [0.05, 0.1) is 6.04 Å². The molecule has 0 saturated carbocycles. The van der Waals surface area contributed by atoms with E-state index in [1.165, 1.54) is 18.4 Å². The van der Waals surface area contributed by atoms with Crippen LogP contribution < -0.4 is 10.6 Å². The Hall–Kier alpha value is -1.89. The molecule has 5 rings (SSSR count). The Balaban J connectivity index is 0.00000218. The van der Waals surface area contributed by atoms with Crippen LogP contribution in [0.15, 0.2) is 42.6 Å². The van der Waals surface area contributed by atoms with Crippen LogP contribution in [0.4, 0.5) is 0 Å². The number of benzene rings is 1. The molecule has 2 bridgehead atoms. The van der Waals surface area contributed by atoms with Crippen molar-refractivity contribution < 1.29 is 4.79 Å². The molecule has 6 nitrogen and oxygen atoms in total. The molecule has 2 N–H and O–H groups in total. The van der Waals surface area contributed by atoms with Crippen molar-refractivity contribution in [3.05, 3.63) is 53.9 Å². The van der Waals surface area contributed by atoms with Gasteiger partial charge in [0, 0.05) is 37.4 Å². The quantitative estimate of drug-likeness (QED) is 0.766. The maximum atomic E-state index is 12.8. The highest BCUT2D eigenvalue weighted by Gasteiger charge is 2.41. The highest BCUT2D eigenvalue weighted by molar-refractivity contribution is 5.92. The second-order valence-corrected chi connectivity index (χ2v) is 8.87. The van der Waals surface area contributed by atoms with Crippen LogP contribution in [0.5, 0.6) is 0 Å². The second-order valence-electron chi connectivity index (χ2n) is 8.87. The zero-order valence-electron chi connectivity index (χ0n) is 17.4. The molecule has 3 fully saturated rings. The van der Waals surface area contributed by atoms with Gasteiger partial charge in [0.25, 0.3) is 5.91 Å². The van der Waals surface area contributed by atoms with Crippen molar-refractivity contribution in [1.29, 1.82) is 0 Å². The van der Waals surface area contributed by atoms with Crippen LogP contribution in [-0.2, 0) is 6.54 Å². The highest BCUT2D eigenvalue weighted by Crippen LogP contribution is 2.36. The Morgan fingerprint density at radius 2 is 1.83 bits per heavy atom. The molecule has 1 amide bonds. The van der Waals surface area contributed by atoms with Gasteiger partial charge in [-0.2, -0.15) is 5.10 Å². The van der Waals surface area contributed by atoms with Gasteiger partial charge in [-0.1, -0.05) is 30.3 Å². The molecule has 3 aliphatic rings. The lowest BCUT2D eigenvalue weighted by atomic mass is 9.96. The first-order chi connectivity index (χ1) is 14.3. The van der Waals surface area contributed by atoms with E-state index in [9.17, 15) is 4.79 Å². The number of halogens is 1. The number of carbonyl (C=O) groups excluding carboxylic acids is 1. The van der Waals surface area contributed by atoms with E-state index in [4.69, 9.17) is 0 Å². The van der Waals surface area contributed by atoms with E-state index in [1.807, 2.05) is 16.9 Å². The van der Waals surface area contributed by atoms with Crippen LogP contribution in [0.3, 0.4) is 0 Å². The number of nitrogens with one attached hydrogen (secondary N) is 2. The number of amides is 1. The maximum absolute atomic E-state index is 12.8. The van der Waals surface area contributed by atoms with Crippen LogP contribution in [0, 0.1) is 0 Å². The first kappa shape index (κ1) is 21.3. The third-order valence-electron chi connectivity index (χ3n) is 6.91. The Morgan fingerprint density at radius 3 is 2.53 bits per heavy atom. The van der Waals surface area contributed by atoms with Crippen molar-refractivity contribution in [2.24, 2.45) is 0 Å². The number of hydrogen-bond donors (Lipinski definition) is 2. The van der Waals surface area contributed by atoms with Gasteiger partial charge in [-0.15, -0.1) is 12.4 Å². The van der Waals surface area contributed by atoms with Gasteiger partial charge in [-0.3, -0.25) is 14.4 Å². The molecule has 0 aliphatic carbocycles. The predicted molar refractivity (Wildman–Crippen MR) is 120 cm³/mol. The summed E-state index contributed by atoms with van der Waals surface area (Å²) >= 11 is 0. The first-order valence-corrected chi connectivity index (χ1v) is 11.1. The van der Waals surface area contributed by atoms with E-state index >= 15 is 0 Å². The highest BCUT2D eigenvalue weighted by atomic mass is 35.5. The SMILES string of the molecule is Cl.O=C(NC1CC2CCC(C1)N2Cc1ccccc1)c1ccn(C2CCCNC2)n1. The summed E-state index contributed by atoms with van der Waals surface area (Å²) in [5, 5.41) is 11.3. The smallest absolute Gasteiger partial charge is 0.271 e. The zero-order chi connectivity index (χ0) is 19.6. The number of piperidine rings is 2. The van der Waals surface area contributed by atoms with Gasteiger partial charge >= 0.3 is 0 Å². The summed E-state index contributed by atoms with van der Waals surface area (Å²) in [7, 11) is 0. The molecule has 4 heterocycles. The molecule has 7 heteroatoms. The van der Waals surface area contributed by atoms with Crippen LogP contribution in [0.25, 0.3) is 0 Å². The van der Waals surface area contributed by atoms with Gasteiger partial charge in [-0.25, -0.2) is 0 Å². The number of aromatic nitrogens is 2. The zero-order valence-corrected chi connectivity index (χ0v) is 18.2. The summed E-state index contributed by atoms with van der Waals surface area (Å²) in [6.45, 7) is 3.04. The number of fused-ring (bicyclic) bond motifs is 2. The fourth-order valence-electron chi connectivity index (χ4n) is 5.43. The molecular weight excluding hydrogens is 398 g/mol. The molecule has 3 saturated heterocycles. The van der Waals surface area contributed by atoms with Gasteiger partial charge in [0.1, 0.15) is 5.69 Å². The van der Waals surface area contributed by atoms with Gasteiger partial charge in [0.15, 0.2) is 0 Å². The number of nitrogens with zero attached hydrogens (tertiary/aromatic N) is 3. The lowest BCUT2D eigenvalue weighted by Crippen LogP contribution is -2.50. The Kier molecular flexibility index (Phi) is 6.76. The molecule has 3 aliphatic heterocycles. The summed E-state index contributed by atoms with van der Waals surface area (Å²) in [5.74, 6) is -0.0200. The van der Waals surface area contributed by atoms with Crippen LogP contribution in [0.2, 0.25) is 0 Å². The first-order valence-electron chi connectivity index (χ1n) is 11.1. The molecule has 1 aromatic carbocycles. The van der Waals surface area contributed by atoms with Crippen molar-refractivity contribution in [2.45, 2.75) is 69.2 Å². The molecular formula is C23H32ClN5O. The third-order valence-corrected chi connectivity index (χ3v) is 6.91. The second kappa shape index (κ2) is 9.50. The van der Waals surface area contributed by atoms with Gasteiger partial charge in [-0.05, 0) is 56.7 Å². The lowest BCUT2D eigenvalue weighted by Gasteiger charge is -2.39. The fourth-order valence-corrected chi connectivity index (χ4v) is 5.43. The van der Waals surface area contributed by atoms with Gasteiger partial charge in [0.2, 0.25) is 0 Å². The minimum absolute atomic E-state index is 0. The van der Waals surface area contributed by atoms with Crippen molar-refractivity contribution >= 4 is 18.3 Å². The molecule has 3 atom stereocenters. The topological polar surface area (TPSA) is 62.2 Å². The third kappa shape index (κ3) is 4.56. The Morgan fingerprint density at radius 1 is 1.07 bits per heavy atom. The summed E-state index contributed by atoms with van der Waals surface area (Å²) in [6, 6.07) is 14.4. The Labute approximate surface area is 184 Å². The number of hydrogen-bond acceptors (Lipinski definition) is 4. The molecule has 3 unspecified atom stereocenters. The minimum atomic E-state index is -0.0200. The maximum Gasteiger partial charge on any atom is 0.271 e. The summed E-state index contributed by atoms with van der Waals surface area (Å²) < 4.78 is 1.97. The minimum Gasteiger partial charge on any atom is -0.348 e. The van der Waals surface area contributed by atoms with E-state index < -0.39 is 0 Å². The van der Waals surface area contributed by atoms with E-state index in [0.29, 0.717) is 23.8 Å². The molecule has 0 radical (unpaired) electrons. The van der Waals surface area contributed by atoms with E-state index in [0.717, 1.165) is 45.3 Å².